The lowest BCUT2D eigenvalue weighted by Gasteiger charge is -2.04. The Labute approximate surface area is 89.9 Å². The lowest BCUT2D eigenvalue weighted by Crippen LogP contribution is -2.26. The smallest absolute Gasteiger partial charge is 0.220 e. The Balaban J connectivity index is 1.87. The third kappa shape index (κ3) is 6.00. The van der Waals surface area contributed by atoms with Gasteiger partial charge >= 0.3 is 0 Å². The van der Waals surface area contributed by atoms with Crippen LogP contribution >= 0.6 is 11.6 Å². The number of nitrogens with one attached hydrogen (secondary N) is 2. The summed E-state index contributed by atoms with van der Waals surface area (Å²) >= 11 is 5.56. The van der Waals surface area contributed by atoms with Gasteiger partial charge in [0.2, 0.25) is 5.91 Å². The molecule has 0 bridgehead atoms. The average Bonchev–Trinajstić information content (AvgIpc) is 2.87. The highest BCUT2D eigenvalue weighted by molar-refractivity contribution is 6.29. The van der Waals surface area contributed by atoms with E-state index in [1.165, 1.54) is 0 Å². The van der Waals surface area contributed by atoms with Gasteiger partial charge < -0.3 is 10.6 Å². The van der Waals surface area contributed by atoms with Gasteiger partial charge in [-0.15, -0.1) is 0 Å². The number of hydrogen-bond acceptors (Lipinski definition) is 2. The van der Waals surface area contributed by atoms with Crippen LogP contribution < -0.4 is 10.6 Å². The minimum Gasteiger partial charge on any atom is -0.353 e. The monoisotopic (exact) mass is 216 g/mol. The maximum atomic E-state index is 11.2. The van der Waals surface area contributed by atoms with Crippen molar-refractivity contribution in [2.45, 2.75) is 31.7 Å². The van der Waals surface area contributed by atoms with E-state index in [1.54, 1.807) is 0 Å². The second-order valence-corrected chi connectivity index (χ2v) is 4.17. The molecule has 0 unspecified atom stereocenters. The van der Waals surface area contributed by atoms with Gasteiger partial charge in [0.15, 0.2) is 0 Å². The van der Waals surface area contributed by atoms with Crippen LogP contribution in [0.25, 0.3) is 0 Å². The van der Waals surface area contributed by atoms with Crippen molar-refractivity contribution in [2.75, 3.05) is 13.1 Å². The van der Waals surface area contributed by atoms with Gasteiger partial charge in [-0.05, 0) is 25.8 Å². The normalized spacial score (nSPS) is 15.2. The van der Waals surface area contributed by atoms with E-state index in [2.05, 4.69) is 17.2 Å². The maximum Gasteiger partial charge on any atom is 0.220 e. The number of halogens is 1. The number of rotatable bonds is 7. The molecule has 1 saturated carbocycles. The Morgan fingerprint density at radius 1 is 1.50 bits per heavy atom. The van der Waals surface area contributed by atoms with Crippen LogP contribution in [0, 0.1) is 0 Å². The van der Waals surface area contributed by atoms with Crippen molar-refractivity contribution in [1.82, 2.24) is 10.6 Å². The standard InChI is InChI=1S/C10H17ClN2O/c1-8(11)7-12-6-2-3-10(14)13-9-4-5-9/h9,12H,1-7H2,(H,13,14). The van der Waals surface area contributed by atoms with E-state index in [-0.39, 0.29) is 5.91 Å². The third-order valence-electron chi connectivity index (χ3n) is 2.02. The number of amides is 1. The predicted molar refractivity (Wildman–Crippen MR) is 58.3 cm³/mol. The molecule has 1 fully saturated rings. The summed E-state index contributed by atoms with van der Waals surface area (Å²) in [5.41, 5.74) is 0. The summed E-state index contributed by atoms with van der Waals surface area (Å²) in [4.78, 5) is 11.2. The van der Waals surface area contributed by atoms with Gasteiger partial charge in [0.25, 0.3) is 0 Å². The van der Waals surface area contributed by atoms with E-state index in [9.17, 15) is 4.79 Å². The van der Waals surface area contributed by atoms with Crippen molar-refractivity contribution in [1.29, 1.82) is 0 Å². The minimum atomic E-state index is 0.166. The zero-order chi connectivity index (χ0) is 10.4. The molecule has 80 valence electrons. The summed E-state index contributed by atoms with van der Waals surface area (Å²) < 4.78 is 0. The second-order valence-electron chi connectivity index (χ2n) is 3.64. The molecule has 0 spiro atoms. The number of carbonyl (C=O) groups is 1. The van der Waals surface area contributed by atoms with E-state index in [4.69, 9.17) is 11.6 Å². The van der Waals surface area contributed by atoms with Crippen molar-refractivity contribution in [3.05, 3.63) is 11.6 Å². The molecule has 1 amide bonds. The van der Waals surface area contributed by atoms with Crippen molar-refractivity contribution in [2.24, 2.45) is 0 Å². The zero-order valence-corrected chi connectivity index (χ0v) is 9.07. The lowest BCUT2D eigenvalue weighted by atomic mass is 10.3. The highest BCUT2D eigenvalue weighted by atomic mass is 35.5. The summed E-state index contributed by atoms with van der Waals surface area (Å²) in [6.45, 7) is 4.99. The van der Waals surface area contributed by atoms with Gasteiger partial charge in [0.1, 0.15) is 0 Å². The van der Waals surface area contributed by atoms with E-state index in [1.807, 2.05) is 0 Å². The maximum absolute atomic E-state index is 11.2. The van der Waals surface area contributed by atoms with Crippen LogP contribution in [0.5, 0.6) is 0 Å². The van der Waals surface area contributed by atoms with Gasteiger partial charge in [-0.2, -0.15) is 0 Å². The Bertz CT molecular complexity index is 214. The predicted octanol–water partition coefficient (Wildman–Crippen LogP) is 1.39. The fraction of sp³-hybridized carbons (Fsp3) is 0.700. The number of carbonyl (C=O) groups excluding carboxylic acids is 1. The van der Waals surface area contributed by atoms with Crippen LogP contribution in [0.15, 0.2) is 11.6 Å². The largest absolute Gasteiger partial charge is 0.353 e. The molecule has 1 aliphatic rings. The average molecular weight is 217 g/mol. The Hall–Kier alpha value is -0.540. The van der Waals surface area contributed by atoms with Crippen LogP contribution in [0.3, 0.4) is 0 Å². The molecule has 0 aromatic rings. The molecule has 1 aliphatic carbocycles. The van der Waals surface area contributed by atoms with E-state index in [0.717, 1.165) is 25.8 Å². The summed E-state index contributed by atoms with van der Waals surface area (Å²) in [5.74, 6) is 0.166. The minimum absolute atomic E-state index is 0.166. The molecule has 3 nitrogen and oxygen atoms in total. The fourth-order valence-corrected chi connectivity index (χ4v) is 1.22. The van der Waals surface area contributed by atoms with Crippen LogP contribution in [-0.2, 0) is 4.79 Å². The molecule has 0 radical (unpaired) electrons. The molecule has 0 aliphatic heterocycles. The molecule has 0 heterocycles. The van der Waals surface area contributed by atoms with Gasteiger partial charge in [-0.1, -0.05) is 18.2 Å². The Kier molecular flexibility index (Phi) is 4.98. The first-order valence-electron chi connectivity index (χ1n) is 5.02. The van der Waals surface area contributed by atoms with E-state index >= 15 is 0 Å². The first kappa shape index (κ1) is 11.5. The molecule has 0 aromatic carbocycles. The highest BCUT2D eigenvalue weighted by Gasteiger charge is 2.22. The van der Waals surface area contributed by atoms with Crippen molar-refractivity contribution in [3.63, 3.8) is 0 Å². The number of hydrogen-bond donors (Lipinski definition) is 2. The van der Waals surface area contributed by atoms with E-state index in [0.29, 0.717) is 24.0 Å². The SMILES string of the molecule is C=C(Cl)CNCCCC(=O)NC1CC1. The van der Waals surface area contributed by atoms with Crippen molar-refractivity contribution < 1.29 is 4.79 Å². The summed E-state index contributed by atoms with van der Waals surface area (Å²) in [5, 5.41) is 6.64. The van der Waals surface area contributed by atoms with Crippen LogP contribution in [0.1, 0.15) is 25.7 Å². The van der Waals surface area contributed by atoms with Crippen LogP contribution in [0.2, 0.25) is 0 Å². The van der Waals surface area contributed by atoms with Gasteiger partial charge in [-0.3, -0.25) is 4.79 Å². The first-order chi connectivity index (χ1) is 6.68. The van der Waals surface area contributed by atoms with Gasteiger partial charge in [0, 0.05) is 24.0 Å². The Morgan fingerprint density at radius 2 is 2.21 bits per heavy atom. The molecule has 4 heteroatoms. The summed E-state index contributed by atoms with van der Waals surface area (Å²) in [6.07, 6.45) is 3.74. The summed E-state index contributed by atoms with van der Waals surface area (Å²) in [6, 6.07) is 0.470. The Morgan fingerprint density at radius 3 is 2.79 bits per heavy atom. The highest BCUT2D eigenvalue weighted by Crippen LogP contribution is 2.18. The second kappa shape index (κ2) is 6.04. The van der Waals surface area contributed by atoms with Gasteiger partial charge in [0.05, 0.1) is 0 Å². The van der Waals surface area contributed by atoms with E-state index < -0.39 is 0 Å². The van der Waals surface area contributed by atoms with Crippen molar-refractivity contribution >= 4 is 17.5 Å². The summed E-state index contributed by atoms with van der Waals surface area (Å²) in [7, 11) is 0. The third-order valence-corrected chi connectivity index (χ3v) is 2.15. The first-order valence-corrected chi connectivity index (χ1v) is 5.39. The molecule has 0 atom stereocenters. The van der Waals surface area contributed by atoms with Gasteiger partial charge in [-0.25, -0.2) is 0 Å². The fourth-order valence-electron chi connectivity index (χ4n) is 1.13. The van der Waals surface area contributed by atoms with Crippen LogP contribution in [0.4, 0.5) is 0 Å². The zero-order valence-electron chi connectivity index (χ0n) is 8.31. The van der Waals surface area contributed by atoms with Crippen molar-refractivity contribution in [3.8, 4) is 0 Å². The molecule has 0 aromatic heterocycles. The molecular formula is C10H17ClN2O. The topological polar surface area (TPSA) is 41.1 Å². The molecule has 14 heavy (non-hydrogen) atoms. The molecule has 0 saturated heterocycles. The molecule has 1 rings (SSSR count). The molecule has 2 N–H and O–H groups in total. The lowest BCUT2D eigenvalue weighted by molar-refractivity contribution is -0.121. The quantitative estimate of drug-likeness (QED) is 0.632. The molecular weight excluding hydrogens is 200 g/mol. The van der Waals surface area contributed by atoms with Crippen LogP contribution in [-0.4, -0.2) is 25.0 Å².